The Labute approximate surface area is 109 Å². The van der Waals surface area contributed by atoms with Gasteiger partial charge in [-0.1, -0.05) is 19.1 Å². The SMILES string of the molecule is CC1CCN(C(C)c2ccc(F)cc2)C(CN)C1. The molecule has 0 spiro atoms. The Hall–Kier alpha value is -0.930. The number of rotatable bonds is 3. The number of likely N-dealkylation sites (tertiary alicyclic amines) is 1. The van der Waals surface area contributed by atoms with E-state index < -0.39 is 0 Å². The van der Waals surface area contributed by atoms with E-state index in [2.05, 4.69) is 18.7 Å². The van der Waals surface area contributed by atoms with Crippen LogP contribution >= 0.6 is 0 Å². The summed E-state index contributed by atoms with van der Waals surface area (Å²) in [4.78, 5) is 2.47. The number of halogens is 1. The second kappa shape index (κ2) is 5.81. The molecule has 3 unspecified atom stereocenters. The maximum Gasteiger partial charge on any atom is 0.123 e. The van der Waals surface area contributed by atoms with Crippen LogP contribution in [0.5, 0.6) is 0 Å². The van der Waals surface area contributed by atoms with Gasteiger partial charge in [0.1, 0.15) is 5.82 Å². The fourth-order valence-corrected chi connectivity index (χ4v) is 2.94. The zero-order chi connectivity index (χ0) is 13.1. The molecule has 0 bridgehead atoms. The molecule has 1 fully saturated rings. The van der Waals surface area contributed by atoms with Gasteiger partial charge in [-0.05, 0) is 49.9 Å². The van der Waals surface area contributed by atoms with Gasteiger partial charge < -0.3 is 5.73 Å². The fraction of sp³-hybridized carbons (Fsp3) is 0.600. The molecule has 0 radical (unpaired) electrons. The average molecular weight is 250 g/mol. The molecular formula is C15H23FN2. The van der Waals surface area contributed by atoms with Gasteiger partial charge >= 0.3 is 0 Å². The molecule has 1 saturated heterocycles. The van der Waals surface area contributed by atoms with E-state index in [0.29, 0.717) is 18.6 Å². The summed E-state index contributed by atoms with van der Waals surface area (Å²) in [7, 11) is 0. The van der Waals surface area contributed by atoms with E-state index >= 15 is 0 Å². The van der Waals surface area contributed by atoms with E-state index in [9.17, 15) is 4.39 Å². The third-order valence-electron chi connectivity index (χ3n) is 4.15. The van der Waals surface area contributed by atoms with Gasteiger partial charge in [0.05, 0.1) is 0 Å². The third kappa shape index (κ3) is 2.90. The van der Waals surface area contributed by atoms with E-state index in [-0.39, 0.29) is 5.82 Å². The molecule has 2 nitrogen and oxygen atoms in total. The van der Waals surface area contributed by atoms with Crippen molar-refractivity contribution < 1.29 is 4.39 Å². The summed E-state index contributed by atoms with van der Waals surface area (Å²) in [6.07, 6.45) is 2.39. The molecule has 2 rings (SSSR count). The Bertz CT molecular complexity index is 377. The van der Waals surface area contributed by atoms with E-state index in [1.807, 2.05) is 12.1 Å². The van der Waals surface area contributed by atoms with Crippen molar-refractivity contribution in [1.29, 1.82) is 0 Å². The molecule has 0 aliphatic carbocycles. The summed E-state index contributed by atoms with van der Waals surface area (Å²) in [5, 5.41) is 0. The van der Waals surface area contributed by atoms with Crippen LogP contribution < -0.4 is 5.73 Å². The molecule has 0 amide bonds. The van der Waals surface area contributed by atoms with Crippen LogP contribution in [0.25, 0.3) is 0 Å². The number of nitrogens with two attached hydrogens (primary N) is 1. The van der Waals surface area contributed by atoms with Crippen molar-refractivity contribution in [1.82, 2.24) is 4.90 Å². The van der Waals surface area contributed by atoms with E-state index in [1.165, 1.54) is 30.5 Å². The fourth-order valence-electron chi connectivity index (χ4n) is 2.94. The Kier molecular flexibility index (Phi) is 4.36. The molecule has 1 aromatic carbocycles. The standard InChI is InChI=1S/C15H23FN2/c1-11-7-8-18(15(9-11)10-17)12(2)13-3-5-14(16)6-4-13/h3-6,11-12,15H,7-10,17H2,1-2H3. The molecule has 100 valence electrons. The average Bonchev–Trinajstić information content (AvgIpc) is 2.38. The van der Waals surface area contributed by atoms with Crippen molar-refractivity contribution in [2.24, 2.45) is 11.7 Å². The number of hydrogen-bond acceptors (Lipinski definition) is 2. The lowest BCUT2D eigenvalue weighted by molar-refractivity contribution is 0.0834. The monoisotopic (exact) mass is 250 g/mol. The minimum Gasteiger partial charge on any atom is -0.329 e. The predicted molar refractivity (Wildman–Crippen MR) is 72.8 cm³/mol. The van der Waals surface area contributed by atoms with Crippen molar-refractivity contribution in [3.8, 4) is 0 Å². The molecule has 3 atom stereocenters. The first-order chi connectivity index (χ1) is 8.61. The lowest BCUT2D eigenvalue weighted by Crippen LogP contribution is -2.47. The normalized spacial score (nSPS) is 27.1. The second-order valence-electron chi connectivity index (χ2n) is 5.48. The molecule has 0 saturated carbocycles. The lowest BCUT2D eigenvalue weighted by Gasteiger charge is -2.41. The summed E-state index contributed by atoms with van der Waals surface area (Å²) in [6, 6.07) is 7.60. The first-order valence-corrected chi connectivity index (χ1v) is 6.83. The molecule has 1 aliphatic heterocycles. The van der Waals surface area contributed by atoms with Gasteiger partial charge in [0, 0.05) is 18.6 Å². The smallest absolute Gasteiger partial charge is 0.123 e. The topological polar surface area (TPSA) is 29.3 Å². The van der Waals surface area contributed by atoms with Crippen LogP contribution in [0.3, 0.4) is 0 Å². The highest BCUT2D eigenvalue weighted by Gasteiger charge is 2.29. The maximum absolute atomic E-state index is 13.0. The van der Waals surface area contributed by atoms with E-state index in [1.54, 1.807) is 0 Å². The third-order valence-corrected chi connectivity index (χ3v) is 4.15. The first kappa shape index (κ1) is 13.5. The van der Waals surface area contributed by atoms with Crippen LogP contribution in [-0.2, 0) is 0 Å². The highest BCUT2D eigenvalue weighted by atomic mass is 19.1. The van der Waals surface area contributed by atoms with Crippen molar-refractivity contribution in [2.75, 3.05) is 13.1 Å². The largest absolute Gasteiger partial charge is 0.329 e. The van der Waals surface area contributed by atoms with E-state index in [4.69, 9.17) is 5.73 Å². The van der Waals surface area contributed by atoms with Crippen molar-refractivity contribution >= 4 is 0 Å². The second-order valence-corrected chi connectivity index (χ2v) is 5.48. The van der Waals surface area contributed by atoms with Gasteiger partial charge in [0.25, 0.3) is 0 Å². The summed E-state index contributed by atoms with van der Waals surface area (Å²) in [6.45, 7) is 6.27. The van der Waals surface area contributed by atoms with E-state index in [0.717, 1.165) is 12.5 Å². The quantitative estimate of drug-likeness (QED) is 0.893. The summed E-state index contributed by atoms with van der Waals surface area (Å²) in [5.41, 5.74) is 7.06. The van der Waals surface area contributed by atoms with Crippen molar-refractivity contribution in [3.05, 3.63) is 35.6 Å². The van der Waals surface area contributed by atoms with Crippen LogP contribution in [0, 0.1) is 11.7 Å². The van der Waals surface area contributed by atoms with Crippen LogP contribution in [0.1, 0.15) is 38.3 Å². The Morgan fingerprint density at radius 2 is 2.06 bits per heavy atom. The molecule has 1 aliphatic rings. The van der Waals surface area contributed by atoms with Crippen LogP contribution in [-0.4, -0.2) is 24.0 Å². The Morgan fingerprint density at radius 3 is 2.67 bits per heavy atom. The highest BCUT2D eigenvalue weighted by molar-refractivity contribution is 5.19. The Balaban J connectivity index is 2.11. The lowest BCUT2D eigenvalue weighted by atomic mass is 9.90. The van der Waals surface area contributed by atoms with Gasteiger partial charge in [-0.25, -0.2) is 4.39 Å². The Morgan fingerprint density at radius 1 is 1.39 bits per heavy atom. The summed E-state index contributed by atoms with van der Waals surface area (Å²) >= 11 is 0. The highest BCUT2D eigenvalue weighted by Crippen LogP contribution is 2.30. The number of nitrogens with zero attached hydrogens (tertiary/aromatic N) is 1. The molecule has 1 aromatic rings. The van der Waals surface area contributed by atoms with Gasteiger partial charge in [-0.15, -0.1) is 0 Å². The molecular weight excluding hydrogens is 227 g/mol. The van der Waals surface area contributed by atoms with Gasteiger partial charge in [-0.3, -0.25) is 4.90 Å². The van der Waals surface area contributed by atoms with Crippen LogP contribution in [0.15, 0.2) is 24.3 Å². The van der Waals surface area contributed by atoms with Gasteiger partial charge in [0.15, 0.2) is 0 Å². The van der Waals surface area contributed by atoms with Gasteiger partial charge in [-0.2, -0.15) is 0 Å². The zero-order valence-corrected chi connectivity index (χ0v) is 11.3. The molecule has 18 heavy (non-hydrogen) atoms. The summed E-state index contributed by atoms with van der Waals surface area (Å²) in [5.74, 6) is 0.587. The summed E-state index contributed by atoms with van der Waals surface area (Å²) < 4.78 is 13.0. The minimum atomic E-state index is -0.173. The number of benzene rings is 1. The van der Waals surface area contributed by atoms with Crippen molar-refractivity contribution in [2.45, 2.75) is 38.8 Å². The molecule has 2 N–H and O–H groups in total. The zero-order valence-electron chi connectivity index (χ0n) is 11.3. The predicted octanol–water partition coefficient (Wildman–Crippen LogP) is 2.95. The van der Waals surface area contributed by atoms with Crippen molar-refractivity contribution in [3.63, 3.8) is 0 Å². The molecule has 1 heterocycles. The number of hydrogen-bond donors (Lipinski definition) is 1. The maximum atomic E-state index is 13.0. The first-order valence-electron chi connectivity index (χ1n) is 6.83. The van der Waals surface area contributed by atoms with Gasteiger partial charge in [0.2, 0.25) is 0 Å². The molecule has 3 heteroatoms. The minimum absolute atomic E-state index is 0.173. The number of piperidine rings is 1. The van der Waals surface area contributed by atoms with Crippen LogP contribution in [0.4, 0.5) is 4.39 Å². The van der Waals surface area contributed by atoms with Crippen LogP contribution in [0.2, 0.25) is 0 Å². The molecule has 0 aromatic heterocycles.